The van der Waals surface area contributed by atoms with Gasteiger partial charge in [0.15, 0.2) is 0 Å². The first-order valence-electron chi connectivity index (χ1n) is 7.53. The highest BCUT2D eigenvalue weighted by Crippen LogP contribution is 2.37. The van der Waals surface area contributed by atoms with E-state index in [2.05, 4.69) is 32.1 Å². The summed E-state index contributed by atoms with van der Waals surface area (Å²) in [6.45, 7) is 3.00. The van der Waals surface area contributed by atoms with Crippen LogP contribution in [0, 0.1) is 0 Å². The number of anilines is 1. The lowest BCUT2D eigenvalue weighted by molar-refractivity contribution is -0.113. The first kappa shape index (κ1) is 16.6. The summed E-state index contributed by atoms with van der Waals surface area (Å²) in [5.41, 5.74) is 3.48. The number of nitrogens with zero attached hydrogens (tertiary/aromatic N) is 4. The highest BCUT2D eigenvalue weighted by molar-refractivity contribution is 6.26. The maximum absolute atomic E-state index is 11.5. The van der Waals surface area contributed by atoms with Crippen LogP contribution in [0.5, 0.6) is 0 Å². The molecule has 0 bridgehead atoms. The molecule has 0 unspecified atom stereocenters. The van der Waals surface area contributed by atoms with E-state index in [0.717, 1.165) is 35.6 Å². The number of benzene rings is 1. The lowest BCUT2D eigenvalue weighted by Crippen LogP contribution is -2.20. The number of para-hydroxylation sites is 1. The van der Waals surface area contributed by atoms with Gasteiger partial charge in [0.25, 0.3) is 5.91 Å². The van der Waals surface area contributed by atoms with Gasteiger partial charge in [-0.2, -0.15) is 0 Å². The Kier molecular flexibility index (Phi) is 5.80. The number of carbonyl (C=O) groups is 1. The zero-order valence-electron chi connectivity index (χ0n) is 13.7. The zero-order chi connectivity index (χ0) is 16.7. The molecule has 0 radical (unpaired) electrons. The molecule has 0 saturated heterocycles. The van der Waals surface area contributed by atoms with Crippen molar-refractivity contribution in [2.75, 3.05) is 25.5 Å². The number of nitrogens with one attached hydrogen (secondary N) is 1. The summed E-state index contributed by atoms with van der Waals surface area (Å²) in [6.07, 6.45) is 5.54. The lowest BCUT2D eigenvalue weighted by Gasteiger charge is -2.23. The number of carbonyl (C=O) groups excluding carboxylic acids is 1. The molecule has 1 heterocycles. The zero-order valence-corrected chi connectivity index (χ0v) is 13.7. The van der Waals surface area contributed by atoms with Crippen LogP contribution in [0.4, 0.5) is 11.4 Å². The van der Waals surface area contributed by atoms with Gasteiger partial charge >= 0.3 is 0 Å². The molecule has 0 aliphatic carbocycles. The van der Waals surface area contributed by atoms with Crippen LogP contribution in [-0.2, 0) is 4.79 Å². The van der Waals surface area contributed by atoms with Gasteiger partial charge in [-0.1, -0.05) is 19.1 Å². The molecule has 2 rings (SSSR count). The lowest BCUT2D eigenvalue weighted by atomic mass is 10.1. The van der Waals surface area contributed by atoms with Gasteiger partial charge in [-0.3, -0.25) is 4.79 Å². The van der Waals surface area contributed by atoms with Crippen molar-refractivity contribution in [3.63, 3.8) is 0 Å². The molecule has 0 aliphatic rings. The molecule has 6 nitrogen and oxygen atoms in total. The van der Waals surface area contributed by atoms with Gasteiger partial charge in [-0.05, 0) is 18.6 Å². The highest BCUT2D eigenvalue weighted by Gasteiger charge is 2.14. The summed E-state index contributed by atoms with van der Waals surface area (Å²) in [5.74, 6) is -0.235. The Morgan fingerprint density at radius 2 is 2.22 bits per heavy atom. The van der Waals surface area contributed by atoms with Gasteiger partial charge in [-0.25, -0.2) is 15.0 Å². The van der Waals surface area contributed by atoms with Gasteiger partial charge in [-0.15, -0.1) is 0 Å². The Morgan fingerprint density at radius 1 is 1.39 bits per heavy atom. The monoisotopic (exact) mass is 311 g/mol. The van der Waals surface area contributed by atoms with Crippen molar-refractivity contribution in [1.82, 2.24) is 15.3 Å². The van der Waals surface area contributed by atoms with Crippen molar-refractivity contribution < 1.29 is 4.79 Å². The van der Waals surface area contributed by atoms with E-state index in [1.807, 2.05) is 31.3 Å². The number of rotatable bonds is 6. The van der Waals surface area contributed by atoms with Crippen LogP contribution < -0.4 is 10.2 Å². The SMILES string of the molecule is CCCN(C)c1c(/N=C/C(=O)NC)cccc1-c1ccncn1. The van der Waals surface area contributed by atoms with Crippen LogP contribution in [0.2, 0.25) is 0 Å². The molecule has 1 aromatic heterocycles. The molecular formula is C17H21N5O. The topological polar surface area (TPSA) is 70.5 Å². The third kappa shape index (κ3) is 4.12. The Labute approximate surface area is 136 Å². The van der Waals surface area contributed by atoms with Gasteiger partial charge in [0, 0.05) is 32.4 Å². The van der Waals surface area contributed by atoms with Crippen LogP contribution in [0.15, 0.2) is 41.8 Å². The van der Waals surface area contributed by atoms with Gasteiger partial charge in [0.05, 0.1) is 23.3 Å². The van der Waals surface area contributed by atoms with E-state index < -0.39 is 0 Å². The van der Waals surface area contributed by atoms with E-state index in [9.17, 15) is 4.79 Å². The van der Waals surface area contributed by atoms with E-state index in [4.69, 9.17) is 0 Å². The molecule has 23 heavy (non-hydrogen) atoms. The Bertz CT molecular complexity index is 685. The molecule has 0 aliphatic heterocycles. The molecule has 0 spiro atoms. The minimum atomic E-state index is -0.235. The normalized spacial score (nSPS) is 10.7. The molecule has 2 aromatic rings. The summed E-state index contributed by atoms with van der Waals surface area (Å²) in [5, 5.41) is 2.53. The molecule has 120 valence electrons. The Hall–Kier alpha value is -2.76. The smallest absolute Gasteiger partial charge is 0.262 e. The maximum atomic E-state index is 11.5. The minimum absolute atomic E-state index is 0.235. The second-order valence-electron chi connectivity index (χ2n) is 5.06. The molecular weight excluding hydrogens is 290 g/mol. The molecule has 1 amide bonds. The van der Waals surface area contributed by atoms with Crippen LogP contribution in [0.25, 0.3) is 11.3 Å². The van der Waals surface area contributed by atoms with E-state index >= 15 is 0 Å². The van der Waals surface area contributed by atoms with Crippen LogP contribution in [-0.4, -0.2) is 42.7 Å². The summed E-state index contributed by atoms with van der Waals surface area (Å²) in [7, 11) is 3.60. The standard InChI is InChI=1S/C17H21N5O/c1-4-10-22(3)17-13(14-8-9-19-12-21-14)6-5-7-15(17)20-11-16(23)18-2/h5-9,11-12H,4,10H2,1-3H3,(H,18,23)/b20-11+. The summed E-state index contributed by atoms with van der Waals surface area (Å²) < 4.78 is 0. The number of hydrogen-bond donors (Lipinski definition) is 1. The summed E-state index contributed by atoms with van der Waals surface area (Å²) in [6, 6.07) is 7.68. The first-order valence-corrected chi connectivity index (χ1v) is 7.53. The van der Waals surface area contributed by atoms with Gasteiger partial charge in [0.1, 0.15) is 6.33 Å². The average Bonchev–Trinajstić information content (AvgIpc) is 2.60. The Balaban J connectivity index is 2.54. The van der Waals surface area contributed by atoms with E-state index in [1.165, 1.54) is 12.5 Å². The third-order valence-electron chi connectivity index (χ3n) is 3.38. The van der Waals surface area contributed by atoms with Crippen LogP contribution >= 0.6 is 0 Å². The van der Waals surface area contributed by atoms with Crippen molar-refractivity contribution in [1.29, 1.82) is 0 Å². The number of aromatic nitrogens is 2. The largest absolute Gasteiger partial charge is 0.372 e. The van der Waals surface area contributed by atoms with Crippen molar-refractivity contribution in [3.8, 4) is 11.3 Å². The minimum Gasteiger partial charge on any atom is -0.372 e. The molecule has 1 aromatic carbocycles. The molecule has 0 saturated carbocycles. The predicted octanol–water partition coefficient (Wildman–Crippen LogP) is 2.44. The summed E-state index contributed by atoms with van der Waals surface area (Å²) >= 11 is 0. The fourth-order valence-electron chi connectivity index (χ4n) is 2.33. The Morgan fingerprint density at radius 3 is 2.87 bits per heavy atom. The molecule has 0 fully saturated rings. The first-order chi connectivity index (χ1) is 11.2. The van der Waals surface area contributed by atoms with E-state index in [-0.39, 0.29) is 5.91 Å². The molecule has 6 heteroatoms. The number of aliphatic imine (C=N–C) groups is 1. The van der Waals surface area contributed by atoms with Crippen LogP contribution in [0.3, 0.4) is 0 Å². The predicted molar refractivity (Wildman–Crippen MR) is 93.2 cm³/mol. The molecule has 0 atom stereocenters. The van der Waals surface area contributed by atoms with Gasteiger partial charge in [0.2, 0.25) is 0 Å². The second kappa shape index (κ2) is 8.03. The quantitative estimate of drug-likeness (QED) is 0.832. The number of amides is 1. The highest BCUT2D eigenvalue weighted by atomic mass is 16.1. The van der Waals surface area contributed by atoms with E-state index in [1.54, 1.807) is 13.2 Å². The van der Waals surface area contributed by atoms with Crippen molar-refractivity contribution in [2.24, 2.45) is 4.99 Å². The van der Waals surface area contributed by atoms with Crippen LogP contribution in [0.1, 0.15) is 13.3 Å². The molecule has 1 N–H and O–H groups in total. The average molecular weight is 311 g/mol. The van der Waals surface area contributed by atoms with Gasteiger partial charge < -0.3 is 10.2 Å². The van der Waals surface area contributed by atoms with Crippen molar-refractivity contribution in [3.05, 3.63) is 36.8 Å². The third-order valence-corrected chi connectivity index (χ3v) is 3.38. The second-order valence-corrected chi connectivity index (χ2v) is 5.06. The maximum Gasteiger partial charge on any atom is 0.262 e. The fourth-order valence-corrected chi connectivity index (χ4v) is 2.33. The van der Waals surface area contributed by atoms with E-state index in [0.29, 0.717) is 0 Å². The number of hydrogen-bond acceptors (Lipinski definition) is 5. The van der Waals surface area contributed by atoms with Crippen molar-refractivity contribution >= 4 is 23.5 Å². The fraction of sp³-hybridized carbons (Fsp3) is 0.294. The van der Waals surface area contributed by atoms with Crippen molar-refractivity contribution in [2.45, 2.75) is 13.3 Å². The summed E-state index contributed by atoms with van der Waals surface area (Å²) in [4.78, 5) is 26.2.